The molecule has 1 aliphatic carbocycles. The number of aryl methyl sites for hydroxylation is 2. The largest absolute Gasteiger partial charge is 0.390 e. The van der Waals surface area contributed by atoms with Crippen molar-refractivity contribution in [3.63, 3.8) is 0 Å². The zero-order valence-electron chi connectivity index (χ0n) is 17.4. The van der Waals surface area contributed by atoms with Gasteiger partial charge in [-0.2, -0.15) is 0 Å². The Labute approximate surface area is 169 Å². The van der Waals surface area contributed by atoms with Gasteiger partial charge in [0.15, 0.2) is 0 Å². The van der Waals surface area contributed by atoms with E-state index in [9.17, 15) is 5.11 Å². The third-order valence-electron chi connectivity index (χ3n) is 7.25. The van der Waals surface area contributed by atoms with Crippen molar-refractivity contribution < 1.29 is 5.11 Å². The van der Waals surface area contributed by atoms with Crippen LogP contribution in [-0.4, -0.2) is 58.3 Å². The number of likely N-dealkylation sites (tertiary alicyclic amines) is 1. The van der Waals surface area contributed by atoms with E-state index >= 15 is 0 Å². The van der Waals surface area contributed by atoms with Crippen molar-refractivity contribution in [3.05, 3.63) is 35.0 Å². The van der Waals surface area contributed by atoms with Crippen LogP contribution in [0.2, 0.25) is 0 Å². The van der Waals surface area contributed by atoms with Crippen LogP contribution in [0.25, 0.3) is 10.9 Å². The highest BCUT2D eigenvalue weighted by Gasteiger charge is 2.35. The molecule has 4 heteroatoms. The topological polar surface area (TPSA) is 31.6 Å². The standard InChI is InChI=1S/C24H35N3O/c1-18-9-10-22-21(15-18)20-7-6-8-23-24(20)27(22)14-13-26(23)17-19(28)16-25-11-4-2-3-5-12-25/h9-10,15,19,23,28H,2-8,11-14,16-17H2,1H3/t19-,23-/m1/s1. The molecule has 3 heterocycles. The Hall–Kier alpha value is -1.36. The first-order chi connectivity index (χ1) is 13.7. The average molecular weight is 382 g/mol. The highest BCUT2D eigenvalue weighted by atomic mass is 16.3. The Morgan fingerprint density at radius 2 is 1.82 bits per heavy atom. The molecule has 1 aromatic carbocycles. The number of aliphatic hydroxyl groups is 1. The fourth-order valence-corrected chi connectivity index (χ4v) is 5.95. The quantitative estimate of drug-likeness (QED) is 0.872. The van der Waals surface area contributed by atoms with E-state index in [0.717, 1.165) is 39.3 Å². The molecule has 3 aliphatic rings. The molecule has 0 saturated carbocycles. The van der Waals surface area contributed by atoms with E-state index in [1.54, 1.807) is 11.3 Å². The van der Waals surface area contributed by atoms with Crippen molar-refractivity contribution in [2.75, 3.05) is 32.7 Å². The summed E-state index contributed by atoms with van der Waals surface area (Å²) in [5, 5.41) is 12.4. The summed E-state index contributed by atoms with van der Waals surface area (Å²) in [4.78, 5) is 5.08. The number of aromatic nitrogens is 1. The Morgan fingerprint density at radius 3 is 2.64 bits per heavy atom. The summed E-state index contributed by atoms with van der Waals surface area (Å²) in [6, 6.07) is 7.45. The molecule has 0 radical (unpaired) electrons. The molecule has 2 aromatic rings. The summed E-state index contributed by atoms with van der Waals surface area (Å²) >= 11 is 0. The van der Waals surface area contributed by atoms with Gasteiger partial charge in [-0.3, -0.25) is 4.90 Å². The van der Waals surface area contributed by atoms with E-state index in [4.69, 9.17) is 0 Å². The van der Waals surface area contributed by atoms with Gasteiger partial charge in [0.1, 0.15) is 0 Å². The fourth-order valence-electron chi connectivity index (χ4n) is 5.95. The van der Waals surface area contributed by atoms with Crippen LogP contribution in [0.4, 0.5) is 0 Å². The molecular formula is C24H35N3O. The maximum absolute atomic E-state index is 10.9. The molecule has 5 rings (SSSR count). The molecule has 28 heavy (non-hydrogen) atoms. The molecule has 0 unspecified atom stereocenters. The Morgan fingerprint density at radius 1 is 1.00 bits per heavy atom. The summed E-state index contributed by atoms with van der Waals surface area (Å²) in [6.45, 7) is 8.32. The molecule has 0 bridgehead atoms. The molecule has 0 spiro atoms. The molecule has 1 aromatic heterocycles. The van der Waals surface area contributed by atoms with Gasteiger partial charge in [0.25, 0.3) is 0 Å². The van der Waals surface area contributed by atoms with E-state index in [-0.39, 0.29) is 6.10 Å². The van der Waals surface area contributed by atoms with Gasteiger partial charge < -0.3 is 14.6 Å². The van der Waals surface area contributed by atoms with Crippen LogP contribution in [0.1, 0.15) is 61.4 Å². The van der Waals surface area contributed by atoms with Gasteiger partial charge in [0.2, 0.25) is 0 Å². The van der Waals surface area contributed by atoms with Crippen molar-refractivity contribution in [2.24, 2.45) is 0 Å². The summed E-state index contributed by atoms with van der Waals surface area (Å²) in [5.41, 5.74) is 5.92. The number of hydrogen-bond donors (Lipinski definition) is 1. The molecule has 1 N–H and O–H groups in total. The summed E-state index contributed by atoms with van der Waals surface area (Å²) in [7, 11) is 0. The van der Waals surface area contributed by atoms with Crippen molar-refractivity contribution in [3.8, 4) is 0 Å². The van der Waals surface area contributed by atoms with Gasteiger partial charge in [0.05, 0.1) is 12.1 Å². The highest BCUT2D eigenvalue weighted by Crippen LogP contribution is 2.42. The summed E-state index contributed by atoms with van der Waals surface area (Å²) < 4.78 is 2.59. The monoisotopic (exact) mass is 381 g/mol. The summed E-state index contributed by atoms with van der Waals surface area (Å²) in [6.07, 6.45) is 8.78. The minimum Gasteiger partial charge on any atom is -0.390 e. The molecule has 2 aliphatic heterocycles. The minimum absolute atomic E-state index is 0.235. The normalized spacial score (nSPS) is 24.9. The van der Waals surface area contributed by atoms with Crippen LogP contribution in [0, 0.1) is 6.92 Å². The number of rotatable bonds is 4. The maximum Gasteiger partial charge on any atom is 0.0794 e. The van der Waals surface area contributed by atoms with Crippen molar-refractivity contribution in [1.82, 2.24) is 14.4 Å². The number of β-amino-alcohol motifs (C(OH)–C–C–N with tert-alkyl or cyclic N) is 1. The SMILES string of the molecule is Cc1ccc2c(c1)c1c3n2CCN(C[C@H](O)CN2CCCCCC2)[C@@H]3CCC1. The Kier molecular flexibility index (Phi) is 5.20. The predicted octanol–water partition coefficient (Wildman–Crippen LogP) is 3.88. The molecular weight excluding hydrogens is 346 g/mol. The number of fused-ring (bicyclic) bond motifs is 3. The lowest BCUT2D eigenvalue weighted by molar-refractivity contribution is 0.0426. The molecule has 2 atom stereocenters. The van der Waals surface area contributed by atoms with Crippen LogP contribution >= 0.6 is 0 Å². The van der Waals surface area contributed by atoms with Crippen LogP contribution in [0.15, 0.2) is 18.2 Å². The third-order valence-corrected chi connectivity index (χ3v) is 7.25. The predicted molar refractivity (Wildman–Crippen MR) is 115 cm³/mol. The van der Waals surface area contributed by atoms with E-state index in [2.05, 4.69) is 39.5 Å². The second kappa shape index (κ2) is 7.81. The lowest BCUT2D eigenvalue weighted by Gasteiger charge is -2.41. The highest BCUT2D eigenvalue weighted by molar-refractivity contribution is 5.87. The number of hydrogen-bond acceptors (Lipinski definition) is 3. The average Bonchev–Trinajstić information content (AvgIpc) is 2.83. The molecule has 1 fully saturated rings. The number of benzene rings is 1. The second-order valence-electron chi connectivity index (χ2n) is 9.31. The van der Waals surface area contributed by atoms with Crippen LogP contribution in [0.5, 0.6) is 0 Å². The number of nitrogens with zero attached hydrogens (tertiary/aromatic N) is 3. The first-order valence-corrected chi connectivity index (χ1v) is 11.5. The maximum atomic E-state index is 10.9. The van der Waals surface area contributed by atoms with Gasteiger partial charge in [0, 0.05) is 42.8 Å². The Bertz CT molecular complexity index is 834. The first kappa shape index (κ1) is 18.7. The van der Waals surface area contributed by atoms with Gasteiger partial charge in [-0.25, -0.2) is 0 Å². The van der Waals surface area contributed by atoms with Gasteiger partial charge in [-0.15, -0.1) is 0 Å². The van der Waals surface area contributed by atoms with Crippen LogP contribution in [-0.2, 0) is 13.0 Å². The van der Waals surface area contributed by atoms with E-state index < -0.39 is 0 Å². The zero-order valence-corrected chi connectivity index (χ0v) is 17.4. The van der Waals surface area contributed by atoms with E-state index in [1.807, 2.05) is 0 Å². The van der Waals surface area contributed by atoms with Gasteiger partial charge >= 0.3 is 0 Å². The molecule has 152 valence electrons. The molecule has 0 amide bonds. The van der Waals surface area contributed by atoms with E-state index in [0.29, 0.717) is 6.04 Å². The van der Waals surface area contributed by atoms with Crippen molar-refractivity contribution >= 4 is 10.9 Å². The fraction of sp³-hybridized carbons (Fsp3) is 0.667. The lowest BCUT2D eigenvalue weighted by Crippen LogP contribution is -2.46. The van der Waals surface area contributed by atoms with Crippen molar-refractivity contribution in [2.45, 2.75) is 70.6 Å². The lowest BCUT2D eigenvalue weighted by atomic mass is 9.89. The molecule has 1 saturated heterocycles. The second-order valence-corrected chi connectivity index (χ2v) is 9.31. The zero-order chi connectivity index (χ0) is 19.1. The molecule has 4 nitrogen and oxygen atoms in total. The van der Waals surface area contributed by atoms with Crippen molar-refractivity contribution in [1.29, 1.82) is 0 Å². The van der Waals surface area contributed by atoms with Gasteiger partial charge in [-0.05, 0) is 69.8 Å². The summed E-state index contributed by atoms with van der Waals surface area (Å²) in [5.74, 6) is 0. The van der Waals surface area contributed by atoms with Gasteiger partial charge in [-0.1, -0.05) is 24.5 Å². The Balaban J connectivity index is 1.35. The van der Waals surface area contributed by atoms with E-state index in [1.165, 1.54) is 61.4 Å². The smallest absolute Gasteiger partial charge is 0.0794 e. The number of aliphatic hydroxyl groups excluding tert-OH is 1. The third kappa shape index (κ3) is 3.40. The minimum atomic E-state index is -0.235. The van der Waals surface area contributed by atoms with Crippen LogP contribution < -0.4 is 0 Å². The first-order valence-electron chi connectivity index (χ1n) is 11.5. The van der Waals surface area contributed by atoms with Crippen LogP contribution in [0.3, 0.4) is 0 Å².